The number of hydrogen-bond acceptors (Lipinski definition) is 6. The largest absolute Gasteiger partial charge is 0.507 e. The summed E-state index contributed by atoms with van der Waals surface area (Å²) in [6, 6.07) is 14.7. The molecule has 0 aliphatic carbocycles. The zero-order chi connectivity index (χ0) is 28.5. The van der Waals surface area contributed by atoms with Crippen molar-refractivity contribution in [2.75, 3.05) is 11.5 Å². The van der Waals surface area contributed by atoms with Crippen LogP contribution < -0.4 is 4.90 Å². The maximum atomic E-state index is 13.5. The summed E-state index contributed by atoms with van der Waals surface area (Å²) in [5, 5.41) is 11.6. The Kier molecular flexibility index (Phi) is 7.72. The summed E-state index contributed by atoms with van der Waals surface area (Å²) in [6.07, 6.45) is 3.18. The van der Waals surface area contributed by atoms with E-state index in [9.17, 15) is 19.5 Å². The van der Waals surface area contributed by atoms with Crippen LogP contribution in [0.3, 0.4) is 0 Å². The fraction of sp³-hybridized carbons (Fsp3) is 0.312. The summed E-state index contributed by atoms with van der Waals surface area (Å²) >= 11 is 0. The van der Waals surface area contributed by atoms with Crippen LogP contribution in [-0.4, -0.2) is 34.4 Å². The van der Waals surface area contributed by atoms with Gasteiger partial charge in [0.1, 0.15) is 5.76 Å². The van der Waals surface area contributed by atoms with E-state index in [0.29, 0.717) is 29.0 Å². The van der Waals surface area contributed by atoms with Gasteiger partial charge in [0.25, 0.3) is 11.7 Å². The lowest BCUT2D eigenvalue weighted by Crippen LogP contribution is -2.29. The molecule has 4 rings (SSSR count). The molecule has 0 bridgehead atoms. The Morgan fingerprint density at radius 3 is 2.36 bits per heavy atom. The fourth-order valence-corrected chi connectivity index (χ4v) is 4.52. The average molecular weight is 527 g/mol. The number of anilines is 1. The SMILES string of the molecule is Cc1ccc(C(C)(C)C)cc1/C(O)=C1\C(=O)C(=O)N(c2ccc(C(=O)OCC(C)C)cc2)C1c1cccnc1. The first-order valence-corrected chi connectivity index (χ1v) is 13.0. The number of aromatic nitrogens is 1. The van der Waals surface area contributed by atoms with Gasteiger partial charge in [0, 0.05) is 23.6 Å². The second kappa shape index (κ2) is 10.8. The molecule has 0 spiro atoms. The molecule has 1 amide bonds. The van der Waals surface area contributed by atoms with Crippen molar-refractivity contribution in [1.82, 2.24) is 4.98 Å². The summed E-state index contributed by atoms with van der Waals surface area (Å²) in [6.45, 7) is 12.3. The molecule has 1 aliphatic rings. The number of carbonyl (C=O) groups excluding carboxylic acids is 3. The second-order valence-corrected chi connectivity index (χ2v) is 11.3. The highest BCUT2D eigenvalue weighted by Gasteiger charge is 2.47. The predicted molar refractivity (Wildman–Crippen MR) is 150 cm³/mol. The number of nitrogens with zero attached hydrogens (tertiary/aromatic N) is 2. The molecule has 7 heteroatoms. The standard InChI is InChI=1S/C32H34N2O5/c1-19(2)18-39-31(38)21-10-13-24(14-11-21)34-27(22-8-7-15-33-17-22)26(29(36)30(34)37)28(35)25-16-23(32(4,5)6)12-9-20(25)3/h7-17,19,27,35H,18H2,1-6H3/b28-26+. The zero-order valence-electron chi connectivity index (χ0n) is 23.2. The van der Waals surface area contributed by atoms with Gasteiger partial charge in [-0.2, -0.15) is 0 Å². The van der Waals surface area contributed by atoms with E-state index in [4.69, 9.17) is 4.74 Å². The normalized spacial score (nSPS) is 17.1. The van der Waals surface area contributed by atoms with Gasteiger partial charge in [0.05, 0.1) is 23.8 Å². The zero-order valence-corrected chi connectivity index (χ0v) is 23.2. The molecular weight excluding hydrogens is 492 g/mol. The summed E-state index contributed by atoms with van der Waals surface area (Å²) < 4.78 is 5.30. The Labute approximate surface area is 229 Å². The van der Waals surface area contributed by atoms with Gasteiger partial charge < -0.3 is 9.84 Å². The lowest BCUT2D eigenvalue weighted by molar-refractivity contribution is -0.132. The van der Waals surface area contributed by atoms with Gasteiger partial charge in [-0.3, -0.25) is 19.5 Å². The number of pyridine rings is 1. The highest BCUT2D eigenvalue weighted by molar-refractivity contribution is 6.51. The van der Waals surface area contributed by atoms with E-state index in [1.807, 2.05) is 39.0 Å². The number of ether oxygens (including phenoxy) is 1. The molecule has 0 saturated carbocycles. The Morgan fingerprint density at radius 2 is 1.77 bits per heavy atom. The molecule has 3 aromatic rings. The van der Waals surface area contributed by atoms with E-state index in [1.165, 1.54) is 4.90 Å². The third-order valence-electron chi connectivity index (χ3n) is 6.73. The number of benzene rings is 2. The van der Waals surface area contributed by atoms with Crippen LogP contribution in [0.25, 0.3) is 5.76 Å². The minimum absolute atomic E-state index is 0.0115. The molecule has 0 radical (unpaired) electrons. The van der Waals surface area contributed by atoms with E-state index < -0.39 is 23.7 Å². The lowest BCUT2D eigenvalue weighted by Gasteiger charge is -2.26. The highest BCUT2D eigenvalue weighted by atomic mass is 16.5. The molecule has 2 heterocycles. The monoisotopic (exact) mass is 526 g/mol. The van der Waals surface area contributed by atoms with Crippen molar-refractivity contribution in [2.45, 2.75) is 53.0 Å². The first-order valence-electron chi connectivity index (χ1n) is 13.0. The summed E-state index contributed by atoms with van der Waals surface area (Å²) in [5.41, 5.74) is 3.38. The lowest BCUT2D eigenvalue weighted by atomic mass is 9.84. The third-order valence-corrected chi connectivity index (χ3v) is 6.73. The molecular formula is C32H34N2O5. The fourth-order valence-electron chi connectivity index (χ4n) is 4.52. The molecule has 202 valence electrons. The van der Waals surface area contributed by atoms with Gasteiger partial charge >= 0.3 is 5.97 Å². The topological polar surface area (TPSA) is 96.8 Å². The molecule has 1 unspecified atom stereocenters. The smallest absolute Gasteiger partial charge is 0.338 e. The van der Waals surface area contributed by atoms with Crippen LogP contribution in [0.2, 0.25) is 0 Å². The van der Waals surface area contributed by atoms with Crippen LogP contribution in [0.1, 0.15) is 73.3 Å². The molecule has 1 aliphatic heterocycles. The Bertz CT molecular complexity index is 1430. The number of aliphatic hydroxyl groups excluding tert-OH is 1. The number of ketones is 1. The predicted octanol–water partition coefficient (Wildman–Crippen LogP) is 6.13. The van der Waals surface area contributed by atoms with E-state index in [2.05, 4.69) is 25.8 Å². The van der Waals surface area contributed by atoms with Crippen molar-refractivity contribution >= 4 is 29.1 Å². The van der Waals surface area contributed by atoms with Gasteiger partial charge in [-0.25, -0.2) is 4.79 Å². The minimum atomic E-state index is -0.907. The molecule has 1 fully saturated rings. The maximum Gasteiger partial charge on any atom is 0.338 e. The Hall–Kier alpha value is -4.26. The molecule has 2 aromatic carbocycles. The number of rotatable bonds is 6. The maximum absolute atomic E-state index is 13.5. The molecule has 1 atom stereocenters. The molecule has 7 nitrogen and oxygen atoms in total. The number of hydrogen-bond donors (Lipinski definition) is 1. The summed E-state index contributed by atoms with van der Waals surface area (Å²) in [7, 11) is 0. The first kappa shape index (κ1) is 27.8. The van der Waals surface area contributed by atoms with Crippen LogP contribution in [-0.2, 0) is 19.7 Å². The highest BCUT2D eigenvalue weighted by Crippen LogP contribution is 2.42. The van der Waals surface area contributed by atoms with Crippen LogP contribution in [0.15, 0.2) is 72.6 Å². The van der Waals surface area contributed by atoms with Crippen LogP contribution in [0.5, 0.6) is 0 Å². The molecule has 1 N–H and O–H groups in total. The quantitative estimate of drug-likeness (QED) is 0.180. The Morgan fingerprint density at radius 1 is 1.08 bits per heavy atom. The first-order chi connectivity index (χ1) is 18.4. The van der Waals surface area contributed by atoms with Crippen molar-refractivity contribution in [1.29, 1.82) is 0 Å². The van der Waals surface area contributed by atoms with E-state index in [0.717, 1.165) is 11.1 Å². The van der Waals surface area contributed by atoms with Crippen LogP contribution >= 0.6 is 0 Å². The van der Waals surface area contributed by atoms with Crippen molar-refractivity contribution < 1.29 is 24.2 Å². The second-order valence-electron chi connectivity index (χ2n) is 11.3. The molecule has 1 saturated heterocycles. The minimum Gasteiger partial charge on any atom is -0.507 e. The van der Waals surface area contributed by atoms with Crippen molar-refractivity contribution in [3.8, 4) is 0 Å². The number of aryl methyl sites for hydroxylation is 1. The van der Waals surface area contributed by atoms with Crippen molar-refractivity contribution in [3.05, 3.63) is 100 Å². The van der Waals surface area contributed by atoms with E-state index in [-0.39, 0.29) is 22.7 Å². The van der Waals surface area contributed by atoms with Crippen LogP contribution in [0, 0.1) is 12.8 Å². The van der Waals surface area contributed by atoms with Gasteiger partial charge in [-0.1, -0.05) is 52.8 Å². The van der Waals surface area contributed by atoms with Crippen LogP contribution in [0.4, 0.5) is 5.69 Å². The number of amides is 1. The number of aliphatic hydroxyl groups is 1. The van der Waals surface area contributed by atoms with E-state index in [1.54, 1.807) is 48.8 Å². The van der Waals surface area contributed by atoms with Gasteiger partial charge in [-0.05, 0) is 71.3 Å². The Balaban J connectivity index is 1.83. The molecule has 1 aromatic heterocycles. The summed E-state index contributed by atoms with van der Waals surface area (Å²) in [4.78, 5) is 44.9. The van der Waals surface area contributed by atoms with Gasteiger partial charge in [-0.15, -0.1) is 0 Å². The average Bonchev–Trinajstić information content (AvgIpc) is 3.17. The number of esters is 1. The summed E-state index contributed by atoms with van der Waals surface area (Å²) in [5.74, 6) is -2.06. The number of Topliss-reactive ketones (excluding diaryl/α,β-unsaturated/α-hetero) is 1. The van der Waals surface area contributed by atoms with Gasteiger partial charge in [0.2, 0.25) is 0 Å². The molecule has 39 heavy (non-hydrogen) atoms. The van der Waals surface area contributed by atoms with Crippen molar-refractivity contribution in [2.24, 2.45) is 5.92 Å². The van der Waals surface area contributed by atoms with E-state index >= 15 is 0 Å². The van der Waals surface area contributed by atoms with Gasteiger partial charge in [0.15, 0.2) is 0 Å². The number of carbonyl (C=O) groups is 3. The third kappa shape index (κ3) is 5.62. The van der Waals surface area contributed by atoms with Crippen molar-refractivity contribution in [3.63, 3.8) is 0 Å².